The van der Waals surface area contributed by atoms with Gasteiger partial charge in [0, 0.05) is 57.3 Å². The van der Waals surface area contributed by atoms with Gasteiger partial charge in [-0.25, -0.2) is 0 Å². The lowest BCUT2D eigenvalue weighted by atomic mass is 9.95. The van der Waals surface area contributed by atoms with Crippen LogP contribution in [0, 0.1) is 5.92 Å². The third-order valence-corrected chi connectivity index (χ3v) is 4.90. The molecule has 1 N–H and O–H groups in total. The molecule has 0 aromatic rings. The summed E-state index contributed by atoms with van der Waals surface area (Å²) in [4.78, 5) is 5.35. The first-order valence-electron chi connectivity index (χ1n) is 8.14. The van der Waals surface area contributed by atoms with Gasteiger partial charge in [0.2, 0.25) is 0 Å². The van der Waals surface area contributed by atoms with Gasteiger partial charge >= 0.3 is 0 Å². The van der Waals surface area contributed by atoms with Crippen LogP contribution in [0.5, 0.6) is 0 Å². The zero-order valence-electron chi connectivity index (χ0n) is 12.3. The first-order valence-corrected chi connectivity index (χ1v) is 8.14. The standard InChI is InChI=1S/C15H29N3O/c1-2-16-15-5-10-19-12-13(15)11-17-6-8-18(9-7-17)14-3-4-14/h13-16H,2-12H2,1H3. The minimum Gasteiger partial charge on any atom is -0.381 e. The minimum atomic E-state index is 0.667. The van der Waals surface area contributed by atoms with Crippen molar-refractivity contribution in [3.8, 4) is 0 Å². The van der Waals surface area contributed by atoms with Crippen LogP contribution in [0.4, 0.5) is 0 Å². The van der Waals surface area contributed by atoms with E-state index in [-0.39, 0.29) is 0 Å². The normalized spacial score (nSPS) is 34.6. The summed E-state index contributed by atoms with van der Waals surface area (Å²) in [6.07, 6.45) is 4.07. The molecule has 0 bridgehead atoms. The van der Waals surface area contributed by atoms with Crippen molar-refractivity contribution in [1.29, 1.82) is 0 Å². The van der Waals surface area contributed by atoms with Crippen molar-refractivity contribution in [3.63, 3.8) is 0 Å². The third kappa shape index (κ3) is 3.69. The molecule has 2 atom stereocenters. The fourth-order valence-electron chi connectivity index (χ4n) is 3.59. The molecule has 19 heavy (non-hydrogen) atoms. The predicted octanol–water partition coefficient (Wildman–Crippen LogP) is 0.781. The number of nitrogens with zero attached hydrogens (tertiary/aromatic N) is 2. The van der Waals surface area contributed by atoms with Crippen LogP contribution in [-0.2, 0) is 4.74 Å². The van der Waals surface area contributed by atoms with Crippen molar-refractivity contribution in [1.82, 2.24) is 15.1 Å². The SMILES string of the molecule is CCNC1CCOCC1CN1CCN(C2CC2)CC1. The number of hydrogen-bond acceptors (Lipinski definition) is 4. The maximum atomic E-state index is 5.69. The Morgan fingerprint density at radius 1 is 1.11 bits per heavy atom. The van der Waals surface area contributed by atoms with Gasteiger partial charge in [0.25, 0.3) is 0 Å². The molecule has 3 rings (SSSR count). The van der Waals surface area contributed by atoms with Gasteiger partial charge in [0.05, 0.1) is 6.61 Å². The van der Waals surface area contributed by atoms with Gasteiger partial charge in [-0.05, 0) is 25.8 Å². The monoisotopic (exact) mass is 267 g/mol. The molecule has 1 aliphatic carbocycles. The molecule has 2 unspecified atom stereocenters. The molecule has 4 heteroatoms. The number of nitrogens with one attached hydrogen (secondary N) is 1. The Labute approximate surface area is 117 Å². The second-order valence-corrected chi connectivity index (χ2v) is 6.36. The molecule has 0 aromatic heterocycles. The molecule has 0 amide bonds. The highest BCUT2D eigenvalue weighted by Gasteiger charge is 2.33. The second-order valence-electron chi connectivity index (χ2n) is 6.36. The summed E-state index contributed by atoms with van der Waals surface area (Å²) in [6, 6.07) is 1.61. The van der Waals surface area contributed by atoms with Crippen LogP contribution in [-0.4, -0.2) is 74.4 Å². The summed E-state index contributed by atoms with van der Waals surface area (Å²) in [7, 11) is 0. The van der Waals surface area contributed by atoms with E-state index in [1.165, 1.54) is 52.0 Å². The van der Waals surface area contributed by atoms with Crippen molar-refractivity contribution in [2.24, 2.45) is 5.92 Å². The Hall–Kier alpha value is -0.160. The summed E-state index contributed by atoms with van der Waals surface area (Å²) in [5, 5.41) is 3.64. The summed E-state index contributed by atoms with van der Waals surface area (Å²) in [5.41, 5.74) is 0. The van der Waals surface area contributed by atoms with E-state index >= 15 is 0 Å². The molecule has 4 nitrogen and oxygen atoms in total. The molecule has 3 fully saturated rings. The van der Waals surface area contributed by atoms with Gasteiger partial charge in [-0.3, -0.25) is 4.90 Å². The highest BCUT2D eigenvalue weighted by atomic mass is 16.5. The average Bonchev–Trinajstić information content (AvgIpc) is 3.27. The Morgan fingerprint density at radius 3 is 2.58 bits per heavy atom. The lowest BCUT2D eigenvalue weighted by Crippen LogP contribution is -2.52. The van der Waals surface area contributed by atoms with Crippen LogP contribution in [0.1, 0.15) is 26.2 Å². The zero-order valence-corrected chi connectivity index (χ0v) is 12.3. The van der Waals surface area contributed by atoms with E-state index < -0.39 is 0 Å². The molecule has 2 heterocycles. The highest BCUT2D eigenvalue weighted by Crippen LogP contribution is 2.27. The molecule has 3 aliphatic rings. The van der Waals surface area contributed by atoms with Crippen molar-refractivity contribution < 1.29 is 4.74 Å². The van der Waals surface area contributed by atoms with Gasteiger partial charge in [-0.2, -0.15) is 0 Å². The molecule has 0 spiro atoms. The summed E-state index contributed by atoms with van der Waals surface area (Å²) >= 11 is 0. The molecule has 110 valence electrons. The lowest BCUT2D eigenvalue weighted by molar-refractivity contribution is 0.00863. The number of piperazine rings is 1. The molecule has 1 saturated carbocycles. The topological polar surface area (TPSA) is 27.7 Å². The fraction of sp³-hybridized carbons (Fsp3) is 1.00. The average molecular weight is 267 g/mol. The van der Waals surface area contributed by atoms with Crippen molar-refractivity contribution in [2.45, 2.75) is 38.3 Å². The van der Waals surface area contributed by atoms with Crippen molar-refractivity contribution in [2.75, 3.05) is 52.5 Å². The third-order valence-electron chi connectivity index (χ3n) is 4.90. The smallest absolute Gasteiger partial charge is 0.0521 e. The fourth-order valence-corrected chi connectivity index (χ4v) is 3.59. The molecule has 2 saturated heterocycles. The first-order chi connectivity index (χ1) is 9.36. The Kier molecular flexibility index (Phi) is 4.74. The van der Waals surface area contributed by atoms with E-state index in [9.17, 15) is 0 Å². The van der Waals surface area contributed by atoms with Crippen molar-refractivity contribution >= 4 is 0 Å². The van der Waals surface area contributed by atoms with E-state index in [4.69, 9.17) is 4.74 Å². The highest BCUT2D eigenvalue weighted by molar-refractivity contribution is 4.89. The zero-order chi connectivity index (χ0) is 13.1. The van der Waals surface area contributed by atoms with Gasteiger partial charge in [0.1, 0.15) is 0 Å². The molecular weight excluding hydrogens is 238 g/mol. The second kappa shape index (κ2) is 6.53. The van der Waals surface area contributed by atoms with E-state index in [1.54, 1.807) is 0 Å². The summed E-state index contributed by atoms with van der Waals surface area (Å²) in [5.74, 6) is 0.682. The van der Waals surface area contributed by atoms with Gasteiger partial charge in [-0.15, -0.1) is 0 Å². The maximum Gasteiger partial charge on any atom is 0.0521 e. The largest absolute Gasteiger partial charge is 0.381 e. The maximum absolute atomic E-state index is 5.69. The summed E-state index contributed by atoms with van der Waals surface area (Å²) in [6.45, 7) is 11.5. The molecular formula is C15H29N3O. The Bertz CT molecular complexity index is 273. The van der Waals surface area contributed by atoms with Crippen LogP contribution in [0.3, 0.4) is 0 Å². The Balaban J connectivity index is 1.44. The van der Waals surface area contributed by atoms with E-state index in [0.717, 1.165) is 25.8 Å². The number of ether oxygens (including phenoxy) is 1. The number of hydrogen-bond donors (Lipinski definition) is 1. The summed E-state index contributed by atoms with van der Waals surface area (Å²) < 4.78 is 5.69. The van der Waals surface area contributed by atoms with Gasteiger partial charge in [-0.1, -0.05) is 6.92 Å². The van der Waals surface area contributed by atoms with Crippen LogP contribution in [0.2, 0.25) is 0 Å². The van der Waals surface area contributed by atoms with Gasteiger partial charge < -0.3 is 15.0 Å². The van der Waals surface area contributed by atoms with Crippen LogP contribution in [0.25, 0.3) is 0 Å². The van der Waals surface area contributed by atoms with Crippen molar-refractivity contribution in [3.05, 3.63) is 0 Å². The number of rotatable bonds is 5. The van der Waals surface area contributed by atoms with Crippen LogP contribution < -0.4 is 5.32 Å². The van der Waals surface area contributed by atoms with Gasteiger partial charge in [0.15, 0.2) is 0 Å². The van der Waals surface area contributed by atoms with E-state index in [2.05, 4.69) is 22.0 Å². The quantitative estimate of drug-likeness (QED) is 0.797. The first kappa shape index (κ1) is 13.8. The molecule has 0 aromatic carbocycles. The van der Waals surface area contributed by atoms with Crippen LogP contribution in [0.15, 0.2) is 0 Å². The molecule has 0 radical (unpaired) electrons. The van der Waals surface area contributed by atoms with E-state index in [1.807, 2.05) is 0 Å². The van der Waals surface area contributed by atoms with Crippen LogP contribution >= 0.6 is 0 Å². The Morgan fingerprint density at radius 2 is 1.89 bits per heavy atom. The molecule has 2 aliphatic heterocycles. The predicted molar refractivity (Wildman–Crippen MR) is 77.4 cm³/mol. The minimum absolute atomic E-state index is 0.667. The lowest BCUT2D eigenvalue weighted by Gasteiger charge is -2.39. The van der Waals surface area contributed by atoms with E-state index in [0.29, 0.717) is 12.0 Å².